The molecule has 4 nitrogen and oxygen atoms in total. The van der Waals surface area contributed by atoms with Gasteiger partial charge in [0, 0.05) is 42.9 Å². The Morgan fingerprint density at radius 2 is 2.21 bits per heavy atom. The fourth-order valence-electron chi connectivity index (χ4n) is 3.59. The van der Waals surface area contributed by atoms with Gasteiger partial charge in [0.05, 0.1) is 13.2 Å². The number of aliphatic hydroxyl groups excluding tert-OH is 1. The molecule has 1 aromatic rings. The van der Waals surface area contributed by atoms with E-state index in [-0.39, 0.29) is 6.10 Å². The van der Waals surface area contributed by atoms with Crippen LogP contribution in [0.15, 0.2) is 18.2 Å². The molecule has 1 aliphatic carbocycles. The van der Waals surface area contributed by atoms with Crippen LogP contribution in [0, 0.1) is 11.8 Å². The molecule has 0 amide bonds. The van der Waals surface area contributed by atoms with E-state index in [2.05, 4.69) is 4.90 Å². The SMILES string of the molecule is COc1cc(N)ccc1CN1CC2CCC(O)C2C1. The number of nitrogens with zero attached hydrogens (tertiary/aromatic N) is 1. The highest BCUT2D eigenvalue weighted by atomic mass is 16.5. The third-order valence-corrected chi connectivity index (χ3v) is 4.60. The summed E-state index contributed by atoms with van der Waals surface area (Å²) >= 11 is 0. The summed E-state index contributed by atoms with van der Waals surface area (Å²) in [5.41, 5.74) is 7.68. The molecule has 19 heavy (non-hydrogen) atoms. The lowest BCUT2D eigenvalue weighted by molar-refractivity contribution is 0.123. The van der Waals surface area contributed by atoms with E-state index in [1.807, 2.05) is 18.2 Å². The van der Waals surface area contributed by atoms with E-state index in [1.54, 1.807) is 7.11 Å². The van der Waals surface area contributed by atoms with Gasteiger partial charge < -0.3 is 15.6 Å². The lowest BCUT2D eigenvalue weighted by Crippen LogP contribution is -2.24. The van der Waals surface area contributed by atoms with Crippen LogP contribution in [0.1, 0.15) is 18.4 Å². The largest absolute Gasteiger partial charge is 0.496 e. The van der Waals surface area contributed by atoms with Gasteiger partial charge in [-0.05, 0) is 24.8 Å². The number of rotatable bonds is 3. The number of anilines is 1. The third kappa shape index (κ3) is 2.42. The highest BCUT2D eigenvalue weighted by Gasteiger charge is 2.41. The number of hydrogen-bond acceptors (Lipinski definition) is 4. The topological polar surface area (TPSA) is 58.7 Å². The smallest absolute Gasteiger partial charge is 0.125 e. The van der Waals surface area contributed by atoms with Crippen molar-refractivity contribution in [3.8, 4) is 5.75 Å². The monoisotopic (exact) mass is 262 g/mol. The summed E-state index contributed by atoms with van der Waals surface area (Å²) in [5.74, 6) is 2.01. The van der Waals surface area contributed by atoms with Crippen LogP contribution in [0.25, 0.3) is 0 Å². The number of methoxy groups -OCH3 is 1. The first-order valence-electron chi connectivity index (χ1n) is 7.00. The summed E-state index contributed by atoms with van der Waals surface area (Å²) in [6, 6.07) is 5.84. The van der Waals surface area contributed by atoms with Gasteiger partial charge >= 0.3 is 0 Å². The predicted octanol–water partition coefficient (Wildman–Crippen LogP) is 1.48. The number of benzene rings is 1. The zero-order valence-electron chi connectivity index (χ0n) is 11.4. The van der Waals surface area contributed by atoms with Crippen LogP contribution < -0.4 is 10.5 Å². The Kier molecular flexibility index (Phi) is 3.37. The standard InChI is InChI=1S/C15H22N2O2/c1-19-15-6-12(16)4-2-11(15)8-17-7-10-3-5-14(18)13(10)9-17/h2,4,6,10,13-14,18H,3,5,7-9,16H2,1H3. The summed E-state index contributed by atoms with van der Waals surface area (Å²) in [4.78, 5) is 2.42. The summed E-state index contributed by atoms with van der Waals surface area (Å²) in [7, 11) is 1.68. The van der Waals surface area contributed by atoms with Gasteiger partial charge in [-0.2, -0.15) is 0 Å². The number of nitrogens with two attached hydrogens (primary N) is 1. The van der Waals surface area contributed by atoms with E-state index >= 15 is 0 Å². The van der Waals surface area contributed by atoms with Crippen molar-refractivity contribution in [1.82, 2.24) is 4.90 Å². The molecule has 3 atom stereocenters. The molecule has 0 radical (unpaired) electrons. The van der Waals surface area contributed by atoms with Gasteiger partial charge in [-0.3, -0.25) is 4.90 Å². The Morgan fingerprint density at radius 1 is 1.37 bits per heavy atom. The minimum atomic E-state index is -0.0942. The maximum atomic E-state index is 9.95. The molecular weight excluding hydrogens is 240 g/mol. The van der Waals surface area contributed by atoms with Crippen molar-refractivity contribution >= 4 is 5.69 Å². The van der Waals surface area contributed by atoms with Crippen molar-refractivity contribution in [3.63, 3.8) is 0 Å². The summed E-state index contributed by atoms with van der Waals surface area (Å²) in [5, 5.41) is 9.95. The van der Waals surface area contributed by atoms with Gasteiger partial charge in [0.1, 0.15) is 5.75 Å². The molecule has 104 valence electrons. The normalized spacial score (nSPS) is 30.5. The first-order valence-corrected chi connectivity index (χ1v) is 7.00. The van der Waals surface area contributed by atoms with Gasteiger partial charge in [0.25, 0.3) is 0 Å². The number of fused-ring (bicyclic) bond motifs is 1. The first-order chi connectivity index (χ1) is 9.17. The molecule has 2 fully saturated rings. The zero-order valence-corrected chi connectivity index (χ0v) is 11.4. The zero-order chi connectivity index (χ0) is 13.4. The van der Waals surface area contributed by atoms with E-state index in [1.165, 1.54) is 12.0 Å². The van der Waals surface area contributed by atoms with Crippen LogP contribution in [0.4, 0.5) is 5.69 Å². The molecule has 0 bridgehead atoms. The van der Waals surface area contributed by atoms with Gasteiger partial charge in [-0.25, -0.2) is 0 Å². The Hall–Kier alpha value is -1.26. The van der Waals surface area contributed by atoms with Crippen LogP contribution in [0.2, 0.25) is 0 Å². The van der Waals surface area contributed by atoms with E-state index in [0.29, 0.717) is 11.8 Å². The minimum Gasteiger partial charge on any atom is -0.496 e. The molecule has 3 unspecified atom stereocenters. The van der Waals surface area contributed by atoms with Gasteiger partial charge in [-0.15, -0.1) is 0 Å². The minimum absolute atomic E-state index is 0.0942. The maximum Gasteiger partial charge on any atom is 0.125 e. The molecule has 4 heteroatoms. The van der Waals surface area contributed by atoms with E-state index in [9.17, 15) is 5.11 Å². The second kappa shape index (κ2) is 5.02. The summed E-state index contributed by atoms with van der Waals surface area (Å²) < 4.78 is 5.40. The predicted molar refractivity (Wildman–Crippen MR) is 74.9 cm³/mol. The Labute approximate surface area is 114 Å². The average Bonchev–Trinajstić information content (AvgIpc) is 2.94. The molecule has 0 spiro atoms. The Bertz CT molecular complexity index is 463. The fourth-order valence-corrected chi connectivity index (χ4v) is 3.59. The highest BCUT2D eigenvalue weighted by Crippen LogP contribution is 2.39. The number of ether oxygens (including phenoxy) is 1. The van der Waals surface area contributed by atoms with Crippen molar-refractivity contribution in [2.45, 2.75) is 25.5 Å². The number of aliphatic hydroxyl groups is 1. The van der Waals surface area contributed by atoms with Crippen molar-refractivity contribution in [2.75, 3.05) is 25.9 Å². The third-order valence-electron chi connectivity index (χ3n) is 4.60. The molecule has 3 rings (SSSR count). The second-order valence-electron chi connectivity index (χ2n) is 5.83. The van der Waals surface area contributed by atoms with E-state index in [4.69, 9.17) is 10.5 Å². The van der Waals surface area contributed by atoms with Crippen LogP contribution in [-0.2, 0) is 6.54 Å². The lowest BCUT2D eigenvalue weighted by atomic mass is 10.00. The van der Waals surface area contributed by atoms with Crippen LogP contribution in [0.3, 0.4) is 0 Å². The van der Waals surface area contributed by atoms with Gasteiger partial charge in [0.2, 0.25) is 0 Å². The molecule has 1 saturated heterocycles. The number of hydrogen-bond donors (Lipinski definition) is 2. The van der Waals surface area contributed by atoms with Crippen LogP contribution in [0.5, 0.6) is 5.75 Å². The molecule has 1 aliphatic heterocycles. The van der Waals surface area contributed by atoms with E-state index in [0.717, 1.165) is 37.5 Å². The van der Waals surface area contributed by atoms with Crippen LogP contribution >= 0.6 is 0 Å². The second-order valence-corrected chi connectivity index (χ2v) is 5.83. The molecular formula is C15H22N2O2. The molecule has 1 saturated carbocycles. The maximum absolute atomic E-state index is 9.95. The molecule has 0 aromatic heterocycles. The molecule has 3 N–H and O–H groups in total. The van der Waals surface area contributed by atoms with Crippen molar-refractivity contribution in [3.05, 3.63) is 23.8 Å². The number of nitrogen functional groups attached to an aromatic ring is 1. The molecule has 1 aromatic carbocycles. The molecule has 1 heterocycles. The first kappa shape index (κ1) is 12.8. The summed E-state index contributed by atoms with van der Waals surface area (Å²) in [6.45, 7) is 2.97. The average molecular weight is 262 g/mol. The van der Waals surface area contributed by atoms with Crippen molar-refractivity contribution in [1.29, 1.82) is 0 Å². The Balaban J connectivity index is 1.70. The van der Waals surface area contributed by atoms with Crippen LogP contribution in [-0.4, -0.2) is 36.3 Å². The summed E-state index contributed by atoms with van der Waals surface area (Å²) in [6.07, 6.45) is 2.05. The highest BCUT2D eigenvalue weighted by molar-refractivity contribution is 5.48. The van der Waals surface area contributed by atoms with Gasteiger partial charge in [-0.1, -0.05) is 6.07 Å². The molecule has 2 aliphatic rings. The lowest BCUT2D eigenvalue weighted by Gasteiger charge is -2.19. The van der Waals surface area contributed by atoms with Crippen molar-refractivity contribution in [2.24, 2.45) is 11.8 Å². The Morgan fingerprint density at radius 3 is 2.95 bits per heavy atom. The van der Waals surface area contributed by atoms with Gasteiger partial charge in [0.15, 0.2) is 0 Å². The quantitative estimate of drug-likeness (QED) is 0.810. The van der Waals surface area contributed by atoms with E-state index < -0.39 is 0 Å². The fraction of sp³-hybridized carbons (Fsp3) is 0.600. The van der Waals surface area contributed by atoms with Crippen molar-refractivity contribution < 1.29 is 9.84 Å². The number of likely N-dealkylation sites (tertiary alicyclic amines) is 1.